The summed E-state index contributed by atoms with van der Waals surface area (Å²) in [6, 6.07) is 4.24. The van der Waals surface area contributed by atoms with Gasteiger partial charge in [0.1, 0.15) is 0 Å². The van der Waals surface area contributed by atoms with Gasteiger partial charge in [0.15, 0.2) is 5.96 Å². The molecule has 0 spiro atoms. The van der Waals surface area contributed by atoms with E-state index in [0.717, 1.165) is 51.5 Å². The Morgan fingerprint density at radius 1 is 1.29 bits per heavy atom. The fraction of sp³-hybridized carbons (Fsp3) is 0.643. The van der Waals surface area contributed by atoms with E-state index in [-0.39, 0.29) is 24.0 Å². The van der Waals surface area contributed by atoms with Crippen molar-refractivity contribution in [2.45, 2.75) is 26.2 Å². The van der Waals surface area contributed by atoms with Gasteiger partial charge >= 0.3 is 0 Å². The Kier molecular flexibility index (Phi) is 13.9. The van der Waals surface area contributed by atoms with Crippen molar-refractivity contribution in [1.82, 2.24) is 10.6 Å². The maximum Gasteiger partial charge on any atom is 0.190 e. The molecule has 1 rings (SSSR count). The summed E-state index contributed by atoms with van der Waals surface area (Å²) in [5.41, 5.74) is 0. The first-order valence-corrected chi connectivity index (χ1v) is 8.63. The van der Waals surface area contributed by atoms with Crippen LogP contribution in [0.25, 0.3) is 0 Å². The molecule has 0 radical (unpaired) electrons. The molecule has 0 saturated carbocycles. The van der Waals surface area contributed by atoms with Crippen molar-refractivity contribution in [3.63, 3.8) is 0 Å². The number of guanidine groups is 1. The van der Waals surface area contributed by atoms with E-state index in [2.05, 4.69) is 43.7 Å². The fourth-order valence-electron chi connectivity index (χ4n) is 1.69. The lowest BCUT2D eigenvalue weighted by molar-refractivity contribution is 0.143. The van der Waals surface area contributed by atoms with Gasteiger partial charge in [-0.05, 0) is 54.2 Å². The molecule has 0 aliphatic carbocycles. The van der Waals surface area contributed by atoms with Gasteiger partial charge < -0.3 is 15.4 Å². The van der Waals surface area contributed by atoms with Crippen molar-refractivity contribution in [1.29, 1.82) is 0 Å². The van der Waals surface area contributed by atoms with E-state index in [1.54, 1.807) is 18.4 Å². The number of hydrogen-bond acceptors (Lipinski definition) is 3. The summed E-state index contributed by atoms with van der Waals surface area (Å²) in [5, 5.41) is 6.64. The number of aliphatic imine (C=N–C) groups is 1. The highest BCUT2D eigenvalue weighted by Gasteiger charge is 2.00. The number of ether oxygens (including phenoxy) is 1. The van der Waals surface area contributed by atoms with Gasteiger partial charge in [-0.15, -0.1) is 35.3 Å². The van der Waals surface area contributed by atoms with Crippen LogP contribution in [-0.2, 0) is 11.2 Å². The minimum atomic E-state index is 0. The molecule has 0 saturated heterocycles. The molecule has 7 heteroatoms. The van der Waals surface area contributed by atoms with Crippen LogP contribution in [0.15, 0.2) is 20.9 Å². The average Bonchev–Trinajstić information content (AvgIpc) is 2.86. The summed E-state index contributed by atoms with van der Waals surface area (Å²) in [6.45, 7) is 5.49. The van der Waals surface area contributed by atoms with Crippen molar-refractivity contribution < 1.29 is 4.74 Å². The van der Waals surface area contributed by atoms with E-state index < -0.39 is 0 Å². The van der Waals surface area contributed by atoms with Gasteiger partial charge in [0, 0.05) is 38.2 Å². The molecule has 1 aromatic heterocycles. The lowest BCUT2D eigenvalue weighted by atomic mass is 10.3. The third-order valence-corrected chi connectivity index (χ3v) is 4.41. The van der Waals surface area contributed by atoms with Crippen LogP contribution in [0.5, 0.6) is 0 Å². The van der Waals surface area contributed by atoms with Crippen molar-refractivity contribution in [2.75, 3.05) is 33.4 Å². The molecule has 0 bridgehead atoms. The number of hydrogen-bond donors (Lipinski definition) is 2. The minimum absolute atomic E-state index is 0. The van der Waals surface area contributed by atoms with Crippen molar-refractivity contribution in [3.8, 4) is 0 Å². The maximum absolute atomic E-state index is 5.31. The average molecular weight is 490 g/mol. The summed E-state index contributed by atoms with van der Waals surface area (Å²) in [7, 11) is 1.80. The Balaban J connectivity index is 0.00000400. The second-order valence-electron chi connectivity index (χ2n) is 4.29. The Hall–Kier alpha value is 0.140. The predicted octanol–water partition coefficient (Wildman–Crippen LogP) is 3.65. The molecule has 2 N–H and O–H groups in total. The third-order valence-electron chi connectivity index (χ3n) is 2.73. The molecule has 1 heterocycles. The lowest BCUT2D eigenvalue weighted by Crippen LogP contribution is -2.38. The maximum atomic E-state index is 5.31. The highest BCUT2D eigenvalue weighted by atomic mass is 127. The summed E-state index contributed by atoms with van der Waals surface area (Å²) in [6.07, 6.45) is 3.20. The highest BCUT2D eigenvalue weighted by molar-refractivity contribution is 14.0. The van der Waals surface area contributed by atoms with Crippen LogP contribution in [0.4, 0.5) is 0 Å². The fourth-order valence-corrected chi connectivity index (χ4v) is 3.17. The van der Waals surface area contributed by atoms with Crippen LogP contribution in [0, 0.1) is 0 Å². The van der Waals surface area contributed by atoms with Gasteiger partial charge in [0.2, 0.25) is 0 Å². The van der Waals surface area contributed by atoms with E-state index >= 15 is 0 Å². The van der Waals surface area contributed by atoms with Crippen LogP contribution in [0.1, 0.15) is 24.6 Å². The first-order valence-electron chi connectivity index (χ1n) is 7.02. The van der Waals surface area contributed by atoms with Crippen LogP contribution in [0.2, 0.25) is 0 Å². The van der Waals surface area contributed by atoms with Crippen molar-refractivity contribution in [3.05, 3.63) is 20.8 Å². The lowest BCUT2D eigenvalue weighted by Gasteiger charge is -2.11. The normalized spacial score (nSPS) is 11.1. The van der Waals surface area contributed by atoms with Crippen LogP contribution in [0.3, 0.4) is 0 Å². The van der Waals surface area contributed by atoms with Crippen molar-refractivity contribution >= 4 is 57.2 Å². The van der Waals surface area contributed by atoms with E-state index in [4.69, 9.17) is 4.74 Å². The monoisotopic (exact) mass is 489 g/mol. The first kappa shape index (κ1) is 21.1. The molecule has 0 unspecified atom stereocenters. The predicted molar refractivity (Wildman–Crippen MR) is 106 cm³/mol. The molecule has 0 atom stereocenters. The molecule has 0 aromatic carbocycles. The number of rotatable bonds is 9. The Morgan fingerprint density at radius 2 is 2.05 bits per heavy atom. The molecular weight excluding hydrogens is 465 g/mol. The number of thiophene rings is 1. The van der Waals surface area contributed by atoms with Gasteiger partial charge in [0.25, 0.3) is 0 Å². The SMILES string of the molecule is CCOCCCCNC(=NC)NCCc1ccc(Br)s1.I. The molecule has 122 valence electrons. The second-order valence-corrected chi connectivity index (χ2v) is 6.83. The smallest absolute Gasteiger partial charge is 0.190 e. The molecule has 21 heavy (non-hydrogen) atoms. The summed E-state index contributed by atoms with van der Waals surface area (Å²) in [4.78, 5) is 5.59. The number of unbranched alkanes of at least 4 members (excludes halogenated alkanes) is 1. The van der Waals surface area contributed by atoms with Crippen LogP contribution < -0.4 is 10.6 Å². The molecule has 0 fully saturated rings. The topological polar surface area (TPSA) is 45.6 Å². The van der Waals surface area contributed by atoms with Crippen LogP contribution in [-0.4, -0.2) is 39.3 Å². The molecule has 0 aliphatic heterocycles. The van der Waals surface area contributed by atoms with Gasteiger partial charge in [0.05, 0.1) is 3.79 Å². The Morgan fingerprint density at radius 3 is 2.67 bits per heavy atom. The molecule has 0 amide bonds. The number of halogens is 2. The molecule has 4 nitrogen and oxygen atoms in total. The zero-order valence-electron chi connectivity index (χ0n) is 12.7. The minimum Gasteiger partial charge on any atom is -0.382 e. The molecule has 1 aromatic rings. The zero-order valence-corrected chi connectivity index (χ0v) is 17.4. The summed E-state index contributed by atoms with van der Waals surface area (Å²) >= 11 is 5.26. The standard InChI is InChI=1S/C14H24BrN3OS.HI/c1-3-19-11-5-4-9-17-14(16-2)18-10-8-12-6-7-13(15)20-12;/h6-7H,3-5,8-11H2,1-2H3,(H2,16,17,18);1H. The van der Waals surface area contributed by atoms with E-state index in [9.17, 15) is 0 Å². The van der Waals surface area contributed by atoms with Crippen LogP contribution >= 0.6 is 51.2 Å². The summed E-state index contributed by atoms with van der Waals surface area (Å²) in [5.74, 6) is 0.872. The third kappa shape index (κ3) is 10.5. The molecule has 0 aliphatic rings. The van der Waals surface area contributed by atoms with Gasteiger partial charge in [-0.3, -0.25) is 4.99 Å². The second kappa shape index (κ2) is 13.8. The Bertz CT molecular complexity index is 401. The number of nitrogens with zero attached hydrogens (tertiary/aromatic N) is 1. The largest absolute Gasteiger partial charge is 0.382 e. The zero-order chi connectivity index (χ0) is 14.6. The van der Waals surface area contributed by atoms with Gasteiger partial charge in [-0.1, -0.05) is 0 Å². The van der Waals surface area contributed by atoms with Gasteiger partial charge in [-0.25, -0.2) is 0 Å². The van der Waals surface area contributed by atoms with Crippen molar-refractivity contribution in [2.24, 2.45) is 4.99 Å². The van der Waals surface area contributed by atoms with E-state index in [1.165, 1.54) is 8.66 Å². The number of nitrogens with one attached hydrogen (secondary N) is 2. The Labute approximate surface area is 157 Å². The van der Waals surface area contributed by atoms with E-state index in [1.807, 2.05) is 6.92 Å². The molecular formula is C14H25BrIN3OS. The summed E-state index contributed by atoms with van der Waals surface area (Å²) < 4.78 is 6.49. The quantitative estimate of drug-likeness (QED) is 0.241. The highest BCUT2D eigenvalue weighted by Crippen LogP contribution is 2.21. The first-order chi connectivity index (χ1) is 9.76. The van der Waals surface area contributed by atoms with Gasteiger partial charge in [-0.2, -0.15) is 0 Å². The van der Waals surface area contributed by atoms with E-state index in [0.29, 0.717) is 0 Å².